The molecule has 1 nitrogen and oxygen atoms in total. The third-order valence-electron chi connectivity index (χ3n) is 2.20. The van der Waals surface area contributed by atoms with Gasteiger partial charge in [-0.3, -0.25) is 0 Å². The summed E-state index contributed by atoms with van der Waals surface area (Å²) in [5.41, 5.74) is 0.870. The Kier molecular flexibility index (Phi) is 4.55. The van der Waals surface area contributed by atoms with E-state index in [1.165, 1.54) is 6.07 Å². The van der Waals surface area contributed by atoms with Crippen molar-refractivity contribution in [1.82, 2.24) is 0 Å². The maximum absolute atomic E-state index is 12.9. The monoisotopic (exact) mass is 230 g/mol. The molecule has 1 aromatic carbocycles. The number of hydrogen-bond acceptors (Lipinski definition) is 1. The van der Waals surface area contributed by atoms with E-state index in [0.29, 0.717) is 12.3 Å². The van der Waals surface area contributed by atoms with Crippen LogP contribution in [-0.4, -0.2) is 11.2 Å². The summed E-state index contributed by atoms with van der Waals surface area (Å²) in [6.07, 6.45) is 0.888. The highest BCUT2D eigenvalue weighted by Gasteiger charge is 2.09. The lowest BCUT2D eigenvalue weighted by molar-refractivity contribution is 0.149. The van der Waals surface area contributed by atoms with E-state index in [0.717, 1.165) is 12.0 Å². The first-order chi connectivity index (χ1) is 6.99. The molecule has 0 aliphatic heterocycles. The zero-order valence-corrected chi connectivity index (χ0v) is 9.76. The van der Waals surface area contributed by atoms with Crippen LogP contribution in [0.1, 0.15) is 25.8 Å². The molecule has 1 unspecified atom stereocenters. The zero-order valence-electron chi connectivity index (χ0n) is 9.00. The number of halogens is 2. The Morgan fingerprint density at radius 2 is 2.07 bits per heavy atom. The number of benzene rings is 1. The summed E-state index contributed by atoms with van der Waals surface area (Å²) in [6, 6.07) is 4.56. The SMILES string of the molecule is CC(C)CC(O)Cc1ccc(F)c(Cl)c1. The summed E-state index contributed by atoms with van der Waals surface area (Å²) in [5, 5.41) is 9.81. The van der Waals surface area contributed by atoms with Crippen LogP contribution in [-0.2, 0) is 6.42 Å². The highest BCUT2D eigenvalue weighted by molar-refractivity contribution is 6.30. The lowest BCUT2D eigenvalue weighted by atomic mass is 10.00. The summed E-state index contributed by atoms with van der Waals surface area (Å²) < 4.78 is 12.9. The second-order valence-electron chi connectivity index (χ2n) is 4.24. The van der Waals surface area contributed by atoms with Crippen LogP contribution in [0.3, 0.4) is 0 Å². The van der Waals surface area contributed by atoms with Crippen molar-refractivity contribution in [3.8, 4) is 0 Å². The normalized spacial score (nSPS) is 13.2. The second kappa shape index (κ2) is 5.47. The number of aliphatic hydroxyl groups excluding tert-OH is 1. The van der Waals surface area contributed by atoms with Gasteiger partial charge in [0.2, 0.25) is 0 Å². The molecule has 1 rings (SSSR count). The molecule has 0 heterocycles. The molecule has 0 saturated heterocycles. The van der Waals surface area contributed by atoms with Crippen molar-refractivity contribution in [3.05, 3.63) is 34.6 Å². The molecule has 0 saturated carbocycles. The summed E-state index contributed by atoms with van der Waals surface area (Å²) in [6.45, 7) is 4.11. The van der Waals surface area contributed by atoms with Gasteiger partial charge >= 0.3 is 0 Å². The predicted octanol–water partition coefficient (Wildman–Crippen LogP) is 3.43. The molecule has 0 fully saturated rings. The third kappa shape index (κ3) is 4.18. The van der Waals surface area contributed by atoms with E-state index in [-0.39, 0.29) is 11.1 Å². The Bertz CT molecular complexity index is 325. The van der Waals surface area contributed by atoms with Crippen LogP contribution in [0.2, 0.25) is 5.02 Å². The fourth-order valence-corrected chi connectivity index (χ4v) is 1.77. The molecule has 0 aliphatic carbocycles. The highest BCUT2D eigenvalue weighted by atomic mass is 35.5. The average molecular weight is 231 g/mol. The third-order valence-corrected chi connectivity index (χ3v) is 2.49. The molecule has 1 aromatic rings. The summed E-state index contributed by atoms with van der Waals surface area (Å²) in [4.78, 5) is 0. The van der Waals surface area contributed by atoms with Crippen molar-refractivity contribution < 1.29 is 9.50 Å². The Morgan fingerprint density at radius 3 is 2.60 bits per heavy atom. The fourth-order valence-electron chi connectivity index (χ4n) is 1.57. The van der Waals surface area contributed by atoms with Crippen LogP contribution in [0.15, 0.2) is 18.2 Å². The standard InChI is InChI=1S/C12H16ClFO/c1-8(2)5-10(15)6-9-3-4-12(14)11(13)7-9/h3-4,7-8,10,15H,5-6H2,1-2H3. The van der Waals surface area contributed by atoms with Crippen LogP contribution in [0.5, 0.6) is 0 Å². The minimum Gasteiger partial charge on any atom is -0.393 e. The van der Waals surface area contributed by atoms with E-state index in [1.54, 1.807) is 12.1 Å². The Labute approximate surface area is 94.9 Å². The molecule has 0 amide bonds. The number of hydrogen-bond donors (Lipinski definition) is 1. The van der Waals surface area contributed by atoms with Gasteiger partial charge in [0, 0.05) is 0 Å². The molecule has 3 heteroatoms. The quantitative estimate of drug-likeness (QED) is 0.840. The van der Waals surface area contributed by atoms with Crippen molar-refractivity contribution in [3.63, 3.8) is 0 Å². The first-order valence-electron chi connectivity index (χ1n) is 5.11. The van der Waals surface area contributed by atoms with Crippen molar-refractivity contribution in [2.75, 3.05) is 0 Å². The second-order valence-corrected chi connectivity index (χ2v) is 4.64. The minimum atomic E-state index is -0.418. The van der Waals surface area contributed by atoms with Gasteiger partial charge in [-0.25, -0.2) is 4.39 Å². The molecule has 84 valence electrons. The van der Waals surface area contributed by atoms with Gasteiger partial charge in [-0.05, 0) is 36.5 Å². The van der Waals surface area contributed by atoms with Gasteiger partial charge < -0.3 is 5.11 Å². The van der Waals surface area contributed by atoms with E-state index < -0.39 is 5.82 Å². The smallest absolute Gasteiger partial charge is 0.141 e. The first kappa shape index (κ1) is 12.5. The van der Waals surface area contributed by atoms with Gasteiger partial charge in [-0.15, -0.1) is 0 Å². The van der Waals surface area contributed by atoms with Gasteiger partial charge in [0.05, 0.1) is 11.1 Å². The summed E-state index contributed by atoms with van der Waals surface area (Å²) in [5.74, 6) is 0.0367. The maximum Gasteiger partial charge on any atom is 0.141 e. The Balaban J connectivity index is 2.60. The molecular formula is C12H16ClFO. The van der Waals surface area contributed by atoms with Crippen LogP contribution < -0.4 is 0 Å². The average Bonchev–Trinajstić information content (AvgIpc) is 2.10. The Hall–Kier alpha value is -0.600. The van der Waals surface area contributed by atoms with Gasteiger partial charge in [-0.2, -0.15) is 0 Å². The zero-order chi connectivity index (χ0) is 11.4. The number of rotatable bonds is 4. The van der Waals surface area contributed by atoms with Gasteiger partial charge in [-0.1, -0.05) is 31.5 Å². The molecule has 0 aliphatic rings. The molecule has 15 heavy (non-hydrogen) atoms. The van der Waals surface area contributed by atoms with Crippen LogP contribution in [0, 0.1) is 11.7 Å². The van der Waals surface area contributed by atoms with Crippen LogP contribution in [0.4, 0.5) is 4.39 Å². The maximum atomic E-state index is 12.9. The van der Waals surface area contributed by atoms with E-state index in [1.807, 2.05) is 0 Å². The predicted molar refractivity (Wildman–Crippen MR) is 60.6 cm³/mol. The largest absolute Gasteiger partial charge is 0.393 e. The summed E-state index contributed by atoms with van der Waals surface area (Å²) >= 11 is 5.65. The minimum absolute atomic E-state index is 0.115. The van der Waals surface area contributed by atoms with Gasteiger partial charge in [0.1, 0.15) is 5.82 Å². The molecule has 0 radical (unpaired) electrons. The van der Waals surface area contributed by atoms with E-state index in [4.69, 9.17) is 11.6 Å². The van der Waals surface area contributed by atoms with E-state index >= 15 is 0 Å². The molecule has 0 aromatic heterocycles. The highest BCUT2D eigenvalue weighted by Crippen LogP contribution is 2.18. The molecule has 0 spiro atoms. The lowest BCUT2D eigenvalue weighted by Crippen LogP contribution is -2.13. The number of aliphatic hydroxyl groups is 1. The molecular weight excluding hydrogens is 215 g/mol. The van der Waals surface area contributed by atoms with E-state index in [2.05, 4.69) is 13.8 Å². The van der Waals surface area contributed by atoms with Crippen molar-refractivity contribution in [2.24, 2.45) is 5.92 Å². The molecule has 1 atom stereocenters. The first-order valence-corrected chi connectivity index (χ1v) is 5.49. The van der Waals surface area contributed by atoms with Crippen molar-refractivity contribution >= 4 is 11.6 Å². The molecule has 1 N–H and O–H groups in total. The van der Waals surface area contributed by atoms with Crippen molar-refractivity contribution in [1.29, 1.82) is 0 Å². The van der Waals surface area contributed by atoms with Crippen LogP contribution in [0.25, 0.3) is 0 Å². The fraction of sp³-hybridized carbons (Fsp3) is 0.500. The van der Waals surface area contributed by atoms with Crippen LogP contribution >= 0.6 is 11.6 Å². The topological polar surface area (TPSA) is 20.2 Å². The summed E-state index contributed by atoms with van der Waals surface area (Å²) in [7, 11) is 0. The molecule has 0 bridgehead atoms. The van der Waals surface area contributed by atoms with Gasteiger partial charge in [0.25, 0.3) is 0 Å². The van der Waals surface area contributed by atoms with E-state index in [9.17, 15) is 9.50 Å². The lowest BCUT2D eigenvalue weighted by Gasteiger charge is -2.13. The van der Waals surface area contributed by atoms with Crippen molar-refractivity contribution in [2.45, 2.75) is 32.8 Å². The van der Waals surface area contributed by atoms with Gasteiger partial charge in [0.15, 0.2) is 0 Å². The Morgan fingerprint density at radius 1 is 1.40 bits per heavy atom.